The van der Waals surface area contributed by atoms with Gasteiger partial charge in [0.05, 0.1) is 7.11 Å². The number of anilines is 1. The summed E-state index contributed by atoms with van der Waals surface area (Å²) in [5, 5.41) is 8.22. The molecule has 2 aliphatic heterocycles. The average Bonchev–Trinajstić information content (AvgIpc) is 3.14. The highest BCUT2D eigenvalue weighted by Gasteiger charge is 2.28. The number of methoxy groups -OCH3 is 1. The fraction of sp³-hybridized carbons (Fsp3) is 0.511. The molecule has 17 heteroatoms. The third-order valence-electron chi connectivity index (χ3n) is 9.06. The van der Waals surface area contributed by atoms with Gasteiger partial charge in [-0.2, -0.15) is 0 Å². The van der Waals surface area contributed by atoms with Gasteiger partial charge in [-0.05, 0) is 149 Å². The summed E-state index contributed by atoms with van der Waals surface area (Å²) < 4.78 is 27.3. The maximum Gasteiger partial charge on any atom is 0.437 e. The van der Waals surface area contributed by atoms with Gasteiger partial charge in [0.2, 0.25) is 11.9 Å². The number of alkyl carbamates (subject to hydrolysis) is 2. The van der Waals surface area contributed by atoms with Crippen LogP contribution in [0.15, 0.2) is 58.5 Å². The molecular formula is C47H65N7O10. The molecule has 0 saturated heterocycles. The Morgan fingerprint density at radius 1 is 0.594 bits per heavy atom. The molecule has 17 nitrogen and oxygen atoms in total. The number of aliphatic imine (C=N–C) groups is 2. The van der Waals surface area contributed by atoms with Crippen LogP contribution in [0, 0.1) is 6.92 Å². The Morgan fingerprint density at radius 3 is 1.42 bits per heavy atom. The van der Waals surface area contributed by atoms with Gasteiger partial charge >= 0.3 is 24.4 Å². The molecular weight excluding hydrogens is 823 g/mol. The fourth-order valence-electron chi connectivity index (χ4n) is 6.50. The van der Waals surface area contributed by atoms with Crippen molar-refractivity contribution in [2.75, 3.05) is 38.6 Å². The minimum absolute atomic E-state index is 0.00793. The number of aryl methyl sites for hydroxylation is 1. The first-order chi connectivity index (χ1) is 29.6. The number of benzene rings is 2. The molecule has 0 fully saturated rings. The highest BCUT2D eigenvalue weighted by atomic mass is 16.6. The van der Waals surface area contributed by atoms with Crippen molar-refractivity contribution in [3.05, 3.63) is 70.8 Å². The van der Waals surface area contributed by atoms with Gasteiger partial charge < -0.3 is 38.8 Å². The normalized spacial score (nSPS) is 15.3. The van der Waals surface area contributed by atoms with Crippen LogP contribution in [0.25, 0.3) is 11.1 Å². The summed E-state index contributed by atoms with van der Waals surface area (Å²) in [6, 6.07) is 11.0. The van der Waals surface area contributed by atoms with Crippen molar-refractivity contribution >= 4 is 59.0 Å². The van der Waals surface area contributed by atoms with Crippen molar-refractivity contribution in [1.82, 2.24) is 20.4 Å². The number of hydrogen-bond donors (Lipinski definition) is 3. The predicted molar refractivity (Wildman–Crippen MR) is 247 cm³/mol. The lowest BCUT2D eigenvalue weighted by Crippen LogP contribution is -2.48. The SMILES string of the molecule is COc1cc(C(=O)Nc2ccc(C3=CCN(C(=NC(=O)OC(C)(C)C)NC(=O)OC(C)(C)C)CC3)c(C)c2)ccc1C1=CCN(C(=NC(=O)OC(C)(C)C)NC(=O)OC(C)(C)C)CC1. The van der Waals surface area contributed by atoms with Gasteiger partial charge in [-0.3, -0.25) is 15.4 Å². The molecule has 5 amide bonds. The quantitative estimate of drug-likeness (QED) is 0.146. The molecule has 2 aromatic rings. The van der Waals surface area contributed by atoms with Crippen molar-refractivity contribution in [2.45, 2.75) is 125 Å². The largest absolute Gasteiger partial charge is 0.496 e. The van der Waals surface area contributed by atoms with E-state index in [1.807, 2.05) is 43.3 Å². The topological polar surface area (TPSA) is 199 Å². The minimum atomic E-state index is -0.848. The highest BCUT2D eigenvalue weighted by molar-refractivity contribution is 6.05. The van der Waals surface area contributed by atoms with E-state index >= 15 is 0 Å². The Bertz CT molecular complexity index is 2220. The van der Waals surface area contributed by atoms with Crippen LogP contribution in [-0.4, -0.2) is 108 Å². The van der Waals surface area contributed by atoms with Crippen molar-refractivity contribution in [2.24, 2.45) is 9.98 Å². The molecule has 0 unspecified atom stereocenters. The summed E-state index contributed by atoms with van der Waals surface area (Å²) in [6.07, 6.45) is 1.88. The van der Waals surface area contributed by atoms with Gasteiger partial charge in [0.15, 0.2) is 0 Å². The van der Waals surface area contributed by atoms with E-state index in [1.165, 1.54) is 0 Å². The van der Waals surface area contributed by atoms with Gasteiger partial charge in [-0.25, -0.2) is 19.2 Å². The third-order valence-corrected chi connectivity index (χ3v) is 9.06. The molecule has 0 atom stereocenters. The lowest BCUT2D eigenvalue weighted by molar-refractivity contribution is 0.0536. The molecule has 0 aliphatic carbocycles. The molecule has 64 heavy (non-hydrogen) atoms. The van der Waals surface area contributed by atoms with Crippen molar-refractivity contribution in [3.63, 3.8) is 0 Å². The Hall–Kier alpha value is -6.39. The number of ether oxygens (including phenoxy) is 5. The van der Waals surface area contributed by atoms with Crippen LogP contribution >= 0.6 is 0 Å². The zero-order chi connectivity index (χ0) is 47.8. The van der Waals surface area contributed by atoms with Crippen LogP contribution < -0.4 is 20.7 Å². The molecule has 0 spiro atoms. The zero-order valence-corrected chi connectivity index (χ0v) is 39.7. The summed E-state index contributed by atoms with van der Waals surface area (Å²) in [6.45, 7) is 24.3. The molecule has 3 N–H and O–H groups in total. The summed E-state index contributed by atoms with van der Waals surface area (Å²) >= 11 is 0. The first-order valence-corrected chi connectivity index (χ1v) is 21.2. The van der Waals surface area contributed by atoms with Crippen LogP contribution in [-0.2, 0) is 18.9 Å². The number of nitrogens with zero attached hydrogens (tertiary/aromatic N) is 4. The number of guanidine groups is 2. The molecule has 0 radical (unpaired) electrons. The first-order valence-electron chi connectivity index (χ1n) is 21.2. The minimum Gasteiger partial charge on any atom is -0.496 e. The fourth-order valence-corrected chi connectivity index (χ4v) is 6.50. The van der Waals surface area contributed by atoms with Gasteiger partial charge in [0, 0.05) is 43.0 Å². The molecule has 348 valence electrons. The van der Waals surface area contributed by atoms with Crippen molar-refractivity contribution in [1.29, 1.82) is 0 Å². The Morgan fingerprint density at radius 2 is 1.03 bits per heavy atom. The number of hydrogen-bond acceptors (Lipinski definition) is 10. The lowest BCUT2D eigenvalue weighted by Gasteiger charge is -2.30. The summed E-state index contributed by atoms with van der Waals surface area (Å²) in [5.41, 5.74) is 2.69. The Balaban J connectivity index is 1.45. The van der Waals surface area contributed by atoms with Gasteiger partial charge in [0.25, 0.3) is 5.91 Å². The number of nitrogens with one attached hydrogen (secondary N) is 3. The summed E-state index contributed by atoms with van der Waals surface area (Å²) in [4.78, 5) is 75.9. The van der Waals surface area contributed by atoms with E-state index in [0.717, 1.165) is 27.8 Å². The maximum atomic E-state index is 13.6. The average molecular weight is 888 g/mol. The first kappa shape index (κ1) is 50.3. The highest BCUT2D eigenvalue weighted by Crippen LogP contribution is 2.32. The zero-order valence-electron chi connectivity index (χ0n) is 39.7. The monoisotopic (exact) mass is 887 g/mol. The maximum absolute atomic E-state index is 13.6. The van der Waals surface area contributed by atoms with E-state index in [2.05, 4.69) is 25.9 Å². The van der Waals surface area contributed by atoms with Crippen LogP contribution in [0.5, 0.6) is 5.75 Å². The number of carbonyl (C=O) groups is 5. The smallest absolute Gasteiger partial charge is 0.437 e. The Kier molecular flexibility index (Phi) is 16.0. The standard InChI is InChI=1S/C47H65N7O10/c1-29-27-33(16-18-34(29)30-19-23-53(24-20-30)38(49-40(56)61-44(2,3)4)50-41(57)62-45(5,6)7)48-37(55)32-15-17-35(36(28-32)60-14)31-21-25-54(26-22-31)39(51-42(58)63-46(8,9)10)52-43(59)64-47(11,12)13/h15-19,21,27-28H,20,22-26H2,1-14H3,(H,48,55)(H,49,50,56,57)(H,51,52,58,59). The molecule has 0 aromatic heterocycles. The summed E-state index contributed by atoms with van der Waals surface area (Å²) in [5.74, 6) is 0.227. The van der Waals surface area contributed by atoms with Crippen LogP contribution in [0.1, 0.15) is 123 Å². The van der Waals surface area contributed by atoms with Crippen LogP contribution in [0.4, 0.5) is 24.9 Å². The Labute approximate surface area is 376 Å². The summed E-state index contributed by atoms with van der Waals surface area (Å²) in [7, 11) is 1.54. The molecule has 2 aliphatic rings. The van der Waals surface area contributed by atoms with E-state index in [1.54, 1.807) is 112 Å². The molecule has 4 rings (SSSR count). The van der Waals surface area contributed by atoms with Gasteiger partial charge in [-0.15, -0.1) is 9.98 Å². The van der Waals surface area contributed by atoms with Gasteiger partial charge in [0.1, 0.15) is 28.2 Å². The number of amides is 5. The van der Waals surface area contributed by atoms with Crippen molar-refractivity contribution < 1.29 is 47.7 Å². The molecule has 0 saturated carbocycles. The van der Waals surface area contributed by atoms with Crippen LogP contribution in [0.2, 0.25) is 0 Å². The lowest BCUT2D eigenvalue weighted by atomic mass is 9.95. The van der Waals surface area contributed by atoms with E-state index in [0.29, 0.717) is 56.0 Å². The second-order valence-electron chi connectivity index (χ2n) is 19.3. The third kappa shape index (κ3) is 16.1. The molecule has 0 bridgehead atoms. The van der Waals surface area contributed by atoms with Crippen LogP contribution in [0.3, 0.4) is 0 Å². The van der Waals surface area contributed by atoms with E-state index in [4.69, 9.17) is 23.7 Å². The predicted octanol–water partition coefficient (Wildman–Crippen LogP) is 9.07. The number of rotatable bonds is 5. The second kappa shape index (κ2) is 20.4. The van der Waals surface area contributed by atoms with E-state index in [-0.39, 0.29) is 17.8 Å². The van der Waals surface area contributed by atoms with E-state index in [9.17, 15) is 24.0 Å². The van der Waals surface area contributed by atoms with E-state index < -0.39 is 46.8 Å². The number of carbonyl (C=O) groups excluding carboxylic acids is 5. The van der Waals surface area contributed by atoms with Crippen molar-refractivity contribution in [3.8, 4) is 5.75 Å². The molecule has 2 heterocycles. The van der Waals surface area contributed by atoms with Gasteiger partial charge in [-0.1, -0.05) is 24.3 Å². The molecule has 2 aromatic carbocycles. The second-order valence-corrected chi connectivity index (χ2v) is 19.3.